The van der Waals surface area contributed by atoms with Crippen LogP contribution >= 0.6 is 11.8 Å². The van der Waals surface area contributed by atoms with E-state index in [-0.39, 0.29) is 29.7 Å². The summed E-state index contributed by atoms with van der Waals surface area (Å²) in [6.07, 6.45) is 0.456. The van der Waals surface area contributed by atoms with Crippen molar-refractivity contribution in [2.45, 2.75) is 44.0 Å². The summed E-state index contributed by atoms with van der Waals surface area (Å²) in [6, 6.07) is 14.7. The van der Waals surface area contributed by atoms with Crippen LogP contribution in [0.4, 0.5) is 4.39 Å². The molecule has 0 aliphatic carbocycles. The van der Waals surface area contributed by atoms with Crippen LogP contribution in [0.1, 0.15) is 25.0 Å². The van der Waals surface area contributed by atoms with Crippen molar-refractivity contribution in [2.75, 3.05) is 18.8 Å². The number of hydrogen-bond donors (Lipinski definition) is 1. The molecule has 1 aliphatic rings. The third kappa shape index (κ3) is 6.06. The summed E-state index contributed by atoms with van der Waals surface area (Å²) in [7, 11) is 0. The first kappa shape index (κ1) is 20.8. The maximum atomic E-state index is 13.7. The second kappa shape index (κ2) is 10.0. The number of halogens is 1. The van der Waals surface area contributed by atoms with E-state index in [1.165, 1.54) is 23.4 Å². The van der Waals surface area contributed by atoms with Crippen LogP contribution in [0.3, 0.4) is 0 Å². The van der Waals surface area contributed by atoms with Gasteiger partial charge < -0.3 is 10.1 Å². The zero-order valence-electron chi connectivity index (χ0n) is 16.4. The zero-order chi connectivity index (χ0) is 19.9. The molecule has 0 bridgehead atoms. The molecule has 0 aromatic heterocycles. The van der Waals surface area contributed by atoms with Crippen molar-refractivity contribution < 1.29 is 13.9 Å². The predicted molar refractivity (Wildman–Crippen MR) is 111 cm³/mol. The first-order chi connectivity index (χ1) is 13.5. The van der Waals surface area contributed by atoms with Crippen molar-refractivity contribution in [3.05, 3.63) is 65.5 Å². The Kier molecular flexibility index (Phi) is 7.48. The molecule has 1 N–H and O–H groups in total. The van der Waals surface area contributed by atoms with Crippen LogP contribution in [0.5, 0.6) is 0 Å². The van der Waals surface area contributed by atoms with Crippen LogP contribution in [-0.2, 0) is 22.6 Å². The van der Waals surface area contributed by atoms with E-state index in [1.54, 1.807) is 18.2 Å². The number of ether oxygens (including phenoxy) is 1. The fourth-order valence-electron chi connectivity index (χ4n) is 3.49. The van der Waals surface area contributed by atoms with Gasteiger partial charge in [0.15, 0.2) is 0 Å². The Morgan fingerprint density at radius 2 is 1.75 bits per heavy atom. The minimum absolute atomic E-state index is 0.100. The topological polar surface area (TPSA) is 41.6 Å². The lowest BCUT2D eigenvalue weighted by Crippen LogP contribution is -2.45. The third-order valence-corrected chi connectivity index (χ3v) is 5.73. The predicted octanol–water partition coefficient (Wildman–Crippen LogP) is 3.84. The van der Waals surface area contributed by atoms with Crippen molar-refractivity contribution in [1.82, 2.24) is 10.2 Å². The van der Waals surface area contributed by atoms with Gasteiger partial charge in [0.2, 0.25) is 5.91 Å². The van der Waals surface area contributed by atoms with Gasteiger partial charge in [0.1, 0.15) is 5.82 Å². The SMILES string of the molecule is CC1CN(Cc2ccccc2CNC(=O)CSc2ccccc2F)CC(C)O1. The van der Waals surface area contributed by atoms with Crippen LogP contribution in [0.2, 0.25) is 0 Å². The van der Waals surface area contributed by atoms with Gasteiger partial charge in [-0.15, -0.1) is 11.8 Å². The molecule has 6 heteroatoms. The number of nitrogens with zero attached hydrogens (tertiary/aromatic N) is 1. The summed E-state index contributed by atoms with van der Waals surface area (Å²) < 4.78 is 19.5. The van der Waals surface area contributed by atoms with Crippen LogP contribution in [0.15, 0.2) is 53.4 Å². The number of morpholine rings is 1. The highest BCUT2D eigenvalue weighted by atomic mass is 32.2. The molecule has 2 unspecified atom stereocenters. The van der Waals surface area contributed by atoms with Gasteiger partial charge in [-0.3, -0.25) is 9.69 Å². The molecule has 1 amide bonds. The molecule has 1 fully saturated rings. The Labute approximate surface area is 170 Å². The van der Waals surface area contributed by atoms with Crippen molar-refractivity contribution in [3.63, 3.8) is 0 Å². The first-order valence-corrected chi connectivity index (χ1v) is 10.6. The van der Waals surface area contributed by atoms with Crippen molar-refractivity contribution in [1.29, 1.82) is 0 Å². The summed E-state index contributed by atoms with van der Waals surface area (Å²) in [5, 5.41) is 2.96. The number of carbonyl (C=O) groups is 1. The van der Waals surface area contributed by atoms with E-state index in [4.69, 9.17) is 4.74 Å². The van der Waals surface area contributed by atoms with Gasteiger partial charge in [-0.1, -0.05) is 36.4 Å². The fourth-order valence-corrected chi connectivity index (χ4v) is 4.26. The normalized spacial score (nSPS) is 20.1. The first-order valence-electron chi connectivity index (χ1n) is 9.60. The van der Waals surface area contributed by atoms with Gasteiger partial charge in [-0.2, -0.15) is 0 Å². The van der Waals surface area contributed by atoms with E-state index >= 15 is 0 Å². The van der Waals surface area contributed by atoms with E-state index in [9.17, 15) is 9.18 Å². The number of rotatable bonds is 7. The molecule has 1 heterocycles. The number of hydrogen-bond acceptors (Lipinski definition) is 4. The van der Waals surface area contributed by atoms with Gasteiger partial charge in [0.25, 0.3) is 0 Å². The second-order valence-electron chi connectivity index (χ2n) is 7.22. The molecule has 1 saturated heterocycles. The number of carbonyl (C=O) groups excluding carboxylic acids is 1. The molecule has 2 aromatic rings. The lowest BCUT2D eigenvalue weighted by Gasteiger charge is -2.35. The molecule has 1 aliphatic heterocycles. The van der Waals surface area contributed by atoms with E-state index in [2.05, 4.69) is 30.1 Å². The van der Waals surface area contributed by atoms with Gasteiger partial charge in [0.05, 0.1) is 18.0 Å². The van der Waals surface area contributed by atoms with Gasteiger partial charge >= 0.3 is 0 Å². The van der Waals surface area contributed by atoms with Gasteiger partial charge in [-0.25, -0.2) is 4.39 Å². The summed E-state index contributed by atoms with van der Waals surface area (Å²) in [5.41, 5.74) is 2.32. The highest BCUT2D eigenvalue weighted by Gasteiger charge is 2.22. The number of amides is 1. The summed E-state index contributed by atoms with van der Waals surface area (Å²) in [4.78, 5) is 15.1. The van der Waals surface area contributed by atoms with Crippen molar-refractivity contribution in [3.8, 4) is 0 Å². The lowest BCUT2D eigenvalue weighted by molar-refractivity contribution is -0.118. The van der Waals surface area contributed by atoms with Gasteiger partial charge in [0, 0.05) is 31.1 Å². The average Bonchev–Trinajstić information content (AvgIpc) is 2.66. The maximum Gasteiger partial charge on any atom is 0.230 e. The number of nitrogens with one attached hydrogen (secondary N) is 1. The quantitative estimate of drug-likeness (QED) is 0.715. The third-order valence-electron chi connectivity index (χ3n) is 4.68. The highest BCUT2D eigenvalue weighted by Crippen LogP contribution is 2.21. The lowest BCUT2D eigenvalue weighted by atomic mass is 10.1. The second-order valence-corrected chi connectivity index (χ2v) is 8.23. The standard InChI is InChI=1S/C22H27FN2O2S/c1-16-12-25(13-17(2)27-16)14-19-8-4-3-7-18(19)11-24-22(26)15-28-21-10-6-5-9-20(21)23/h3-10,16-17H,11-15H2,1-2H3,(H,24,26). The van der Waals surface area contributed by atoms with E-state index in [1.807, 2.05) is 18.2 Å². The molecule has 0 spiro atoms. The Hall–Kier alpha value is -1.89. The Morgan fingerprint density at radius 1 is 1.11 bits per heavy atom. The van der Waals surface area contributed by atoms with Gasteiger partial charge in [-0.05, 0) is 37.1 Å². The summed E-state index contributed by atoms with van der Waals surface area (Å²) in [5.74, 6) is -0.196. The van der Waals surface area contributed by atoms with E-state index in [0.717, 1.165) is 25.2 Å². The minimum Gasteiger partial charge on any atom is -0.373 e. The molecule has 2 atom stereocenters. The van der Waals surface area contributed by atoms with Crippen LogP contribution in [0.25, 0.3) is 0 Å². The molecule has 150 valence electrons. The van der Waals surface area contributed by atoms with Crippen molar-refractivity contribution >= 4 is 17.7 Å². The smallest absolute Gasteiger partial charge is 0.230 e. The number of benzene rings is 2. The van der Waals surface area contributed by atoms with Crippen LogP contribution in [0, 0.1) is 5.82 Å². The van der Waals surface area contributed by atoms with Crippen LogP contribution < -0.4 is 5.32 Å². The zero-order valence-corrected chi connectivity index (χ0v) is 17.2. The van der Waals surface area contributed by atoms with E-state index < -0.39 is 0 Å². The monoisotopic (exact) mass is 402 g/mol. The molecular formula is C22H27FN2O2S. The largest absolute Gasteiger partial charge is 0.373 e. The highest BCUT2D eigenvalue weighted by molar-refractivity contribution is 8.00. The number of thioether (sulfide) groups is 1. The fraction of sp³-hybridized carbons (Fsp3) is 0.409. The molecule has 4 nitrogen and oxygen atoms in total. The molecule has 28 heavy (non-hydrogen) atoms. The molecule has 2 aromatic carbocycles. The molecule has 3 rings (SSSR count). The Morgan fingerprint density at radius 3 is 2.46 bits per heavy atom. The maximum absolute atomic E-state index is 13.7. The van der Waals surface area contributed by atoms with E-state index in [0.29, 0.717) is 11.4 Å². The molecule has 0 radical (unpaired) electrons. The summed E-state index contributed by atoms with van der Waals surface area (Å²) >= 11 is 1.21. The van der Waals surface area contributed by atoms with Crippen LogP contribution in [-0.4, -0.2) is 41.9 Å². The molecular weight excluding hydrogens is 375 g/mol. The Bertz CT molecular complexity index is 792. The minimum atomic E-state index is -0.292. The van der Waals surface area contributed by atoms with Crippen molar-refractivity contribution in [2.24, 2.45) is 0 Å². The molecule has 0 saturated carbocycles. The summed E-state index contributed by atoms with van der Waals surface area (Å²) in [6.45, 7) is 7.33. The average molecular weight is 403 g/mol. The Balaban J connectivity index is 1.53.